The van der Waals surface area contributed by atoms with Crippen LogP contribution in [0.2, 0.25) is 0 Å². The van der Waals surface area contributed by atoms with E-state index in [0.717, 1.165) is 25.1 Å². The average molecular weight is 238 g/mol. The lowest BCUT2D eigenvalue weighted by atomic mass is 10.1. The molecule has 1 heterocycles. The molecule has 1 saturated heterocycles. The van der Waals surface area contributed by atoms with Gasteiger partial charge < -0.3 is 15.3 Å². The first-order valence-electron chi connectivity index (χ1n) is 5.65. The second-order valence-corrected chi connectivity index (χ2v) is 4.21. The van der Waals surface area contributed by atoms with E-state index in [1.54, 1.807) is 12.1 Å². The van der Waals surface area contributed by atoms with Gasteiger partial charge in [-0.1, -0.05) is 0 Å². The van der Waals surface area contributed by atoms with Crippen molar-refractivity contribution in [1.82, 2.24) is 5.32 Å². The van der Waals surface area contributed by atoms with Crippen LogP contribution >= 0.6 is 0 Å². The highest BCUT2D eigenvalue weighted by atomic mass is 19.1. The van der Waals surface area contributed by atoms with Crippen molar-refractivity contribution in [1.29, 1.82) is 0 Å². The van der Waals surface area contributed by atoms with Crippen LogP contribution in [0.1, 0.15) is 12.8 Å². The van der Waals surface area contributed by atoms with Gasteiger partial charge in [0.1, 0.15) is 5.82 Å². The minimum Gasteiger partial charge on any atom is -0.465 e. The molecule has 2 rings (SSSR count). The maximum atomic E-state index is 12.8. The molecule has 0 aromatic heterocycles. The highest BCUT2D eigenvalue weighted by Crippen LogP contribution is 2.20. The summed E-state index contributed by atoms with van der Waals surface area (Å²) in [5, 5.41) is 11.2. The molecule has 0 saturated carbocycles. The topological polar surface area (TPSA) is 52.6 Å². The summed E-state index contributed by atoms with van der Waals surface area (Å²) in [5.74, 6) is -0.258. The molecule has 1 atom stereocenters. The van der Waals surface area contributed by atoms with Crippen molar-refractivity contribution in [2.45, 2.75) is 18.9 Å². The van der Waals surface area contributed by atoms with Crippen LogP contribution in [0.25, 0.3) is 0 Å². The monoisotopic (exact) mass is 238 g/mol. The van der Waals surface area contributed by atoms with Crippen molar-refractivity contribution >= 4 is 11.8 Å². The molecule has 92 valence electrons. The number of carbonyl (C=O) groups is 1. The maximum absolute atomic E-state index is 12.8. The van der Waals surface area contributed by atoms with Crippen LogP contribution in [0, 0.1) is 5.82 Å². The van der Waals surface area contributed by atoms with E-state index in [-0.39, 0.29) is 11.9 Å². The van der Waals surface area contributed by atoms with Crippen LogP contribution in [0.3, 0.4) is 0 Å². The minimum absolute atomic E-state index is 0.0497. The number of nitrogens with one attached hydrogen (secondary N) is 1. The third kappa shape index (κ3) is 3.09. The summed E-state index contributed by atoms with van der Waals surface area (Å²) in [6, 6.07) is 6.23. The van der Waals surface area contributed by atoms with Crippen molar-refractivity contribution < 1.29 is 14.3 Å². The van der Waals surface area contributed by atoms with E-state index in [2.05, 4.69) is 10.2 Å². The number of benzene rings is 1. The number of carboxylic acid groups (broad SMARTS) is 1. The molecule has 5 heteroatoms. The van der Waals surface area contributed by atoms with Crippen LogP contribution in [0.4, 0.5) is 14.9 Å². The van der Waals surface area contributed by atoms with Crippen LogP contribution in [0.5, 0.6) is 0 Å². The second-order valence-electron chi connectivity index (χ2n) is 4.21. The number of hydrogen-bond donors (Lipinski definition) is 2. The molecule has 0 bridgehead atoms. The lowest BCUT2D eigenvalue weighted by Gasteiger charge is -2.34. The van der Waals surface area contributed by atoms with Crippen LogP contribution < -0.4 is 10.2 Å². The molecule has 1 aliphatic heterocycles. The van der Waals surface area contributed by atoms with Gasteiger partial charge in [0.15, 0.2) is 0 Å². The van der Waals surface area contributed by atoms with Gasteiger partial charge in [-0.2, -0.15) is 0 Å². The van der Waals surface area contributed by atoms with Gasteiger partial charge in [0.05, 0.1) is 0 Å². The molecule has 1 amide bonds. The van der Waals surface area contributed by atoms with Crippen molar-refractivity contribution in [3.8, 4) is 0 Å². The maximum Gasteiger partial charge on any atom is 0.404 e. The van der Waals surface area contributed by atoms with E-state index in [1.807, 2.05) is 0 Å². The molecule has 17 heavy (non-hydrogen) atoms. The summed E-state index contributed by atoms with van der Waals surface area (Å²) in [7, 11) is 0. The van der Waals surface area contributed by atoms with E-state index in [0.29, 0.717) is 6.54 Å². The van der Waals surface area contributed by atoms with E-state index in [9.17, 15) is 9.18 Å². The molecule has 0 unspecified atom stereocenters. The zero-order valence-electron chi connectivity index (χ0n) is 9.40. The Labute approximate surface area is 99.0 Å². The fourth-order valence-electron chi connectivity index (χ4n) is 2.16. The van der Waals surface area contributed by atoms with Crippen molar-refractivity contribution in [3.05, 3.63) is 30.1 Å². The highest BCUT2D eigenvalue weighted by molar-refractivity contribution is 5.65. The van der Waals surface area contributed by atoms with E-state index < -0.39 is 6.09 Å². The number of hydrogen-bond acceptors (Lipinski definition) is 2. The Balaban J connectivity index is 2.01. The first kappa shape index (κ1) is 11.7. The Hall–Kier alpha value is -1.78. The first-order chi connectivity index (χ1) is 8.15. The average Bonchev–Trinajstić information content (AvgIpc) is 2.29. The zero-order chi connectivity index (χ0) is 12.3. The van der Waals surface area contributed by atoms with Crippen molar-refractivity contribution in [2.75, 3.05) is 18.0 Å². The van der Waals surface area contributed by atoms with Crippen LogP contribution in [-0.4, -0.2) is 30.3 Å². The van der Waals surface area contributed by atoms with Crippen molar-refractivity contribution in [2.24, 2.45) is 0 Å². The molecule has 0 aliphatic carbocycles. The quantitative estimate of drug-likeness (QED) is 0.829. The fraction of sp³-hybridized carbons (Fsp3) is 0.417. The molecular formula is C12H15FN2O2. The summed E-state index contributed by atoms with van der Waals surface area (Å²) in [4.78, 5) is 12.6. The smallest absolute Gasteiger partial charge is 0.404 e. The van der Waals surface area contributed by atoms with Crippen molar-refractivity contribution in [3.63, 3.8) is 0 Å². The van der Waals surface area contributed by atoms with Gasteiger partial charge in [0.2, 0.25) is 0 Å². The lowest BCUT2D eigenvalue weighted by molar-refractivity contribution is 0.188. The van der Waals surface area contributed by atoms with E-state index in [4.69, 9.17) is 5.11 Å². The Morgan fingerprint density at radius 2 is 2.12 bits per heavy atom. The molecule has 1 aliphatic rings. The van der Waals surface area contributed by atoms with Crippen LogP contribution in [0.15, 0.2) is 24.3 Å². The Morgan fingerprint density at radius 3 is 2.76 bits per heavy atom. The zero-order valence-corrected chi connectivity index (χ0v) is 9.40. The summed E-state index contributed by atoms with van der Waals surface area (Å²) in [6.45, 7) is 1.52. The number of amides is 1. The number of halogens is 1. The Morgan fingerprint density at radius 1 is 1.41 bits per heavy atom. The van der Waals surface area contributed by atoms with E-state index in [1.165, 1.54) is 12.1 Å². The summed E-state index contributed by atoms with van der Waals surface area (Å²) in [6.07, 6.45) is 0.794. The fourth-order valence-corrected chi connectivity index (χ4v) is 2.16. The molecule has 1 aromatic carbocycles. The highest BCUT2D eigenvalue weighted by Gasteiger charge is 2.21. The standard InChI is InChI=1S/C12H15FN2O2/c13-9-3-5-11(6-4-9)15-7-1-2-10(8-15)14-12(16)17/h3-6,10,14H,1-2,7-8H2,(H,16,17)/t10-/m0/s1. The molecule has 0 radical (unpaired) electrons. The number of anilines is 1. The Kier molecular flexibility index (Phi) is 3.46. The molecule has 1 aromatic rings. The lowest BCUT2D eigenvalue weighted by Crippen LogP contribution is -2.47. The molecule has 1 fully saturated rings. The predicted octanol–water partition coefficient (Wildman–Crippen LogP) is 2.06. The predicted molar refractivity (Wildman–Crippen MR) is 62.8 cm³/mol. The van der Waals surface area contributed by atoms with Gasteiger partial charge in [-0.05, 0) is 37.1 Å². The molecule has 2 N–H and O–H groups in total. The Bertz CT molecular complexity index is 394. The molecule has 4 nitrogen and oxygen atoms in total. The summed E-state index contributed by atoms with van der Waals surface area (Å²) < 4.78 is 12.8. The second kappa shape index (κ2) is 5.03. The van der Waals surface area contributed by atoms with Gasteiger partial charge in [0, 0.05) is 24.8 Å². The van der Waals surface area contributed by atoms with Crippen LogP contribution in [-0.2, 0) is 0 Å². The van der Waals surface area contributed by atoms with Gasteiger partial charge in [-0.15, -0.1) is 0 Å². The number of piperidine rings is 1. The number of rotatable bonds is 2. The minimum atomic E-state index is -0.990. The molecular weight excluding hydrogens is 223 g/mol. The largest absolute Gasteiger partial charge is 0.465 e. The summed E-state index contributed by atoms with van der Waals surface area (Å²) in [5.41, 5.74) is 0.934. The first-order valence-corrected chi connectivity index (χ1v) is 5.65. The third-order valence-corrected chi connectivity index (χ3v) is 2.94. The molecule has 0 spiro atoms. The van der Waals surface area contributed by atoms with Gasteiger partial charge in [0.25, 0.3) is 0 Å². The SMILES string of the molecule is O=C(O)N[C@H]1CCCN(c2ccc(F)cc2)C1. The summed E-state index contributed by atoms with van der Waals surface area (Å²) >= 11 is 0. The third-order valence-electron chi connectivity index (χ3n) is 2.94. The normalized spacial score (nSPS) is 20.1. The van der Waals surface area contributed by atoms with Gasteiger partial charge in [-0.25, -0.2) is 9.18 Å². The number of nitrogens with zero attached hydrogens (tertiary/aromatic N) is 1. The van der Waals surface area contributed by atoms with E-state index >= 15 is 0 Å². The van der Waals surface area contributed by atoms with Gasteiger partial charge in [-0.3, -0.25) is 0 Å². The van der Waals surface area contributed by atoms with Gasteiger partial charge >= 0.3 is 6.09 Å².